The van der Waals surface area contributed by atoms with Gasteiger partial charge in [0, 0.05) is 6.04 Å². The molecule has 1 heterocycles. The molecule has 1 aromatic carbocycles. The molecular weight excluding hydrogens is 273 g/mol. The first-order valence-electron chi connectivity index (χ1n) is 5.30. The van der Waals surface area contributed by atoms with Crippen molar-refractivity contribution >= 4 is 21.4 Å². The molecule has 6 heteroatoms. The van der Waals surface area contributed by atoms with Crippen molar-refractivity contribution in [2.75, 3.05) is 0 Å². The normalized spacial score (nSPS) is 13.4. The van der Waals surface area contributed by atoms with E-state index in [2.05, 4.69) is 4.72 Å². The first-order chi connectivity index (χ1) is 8.49. The fourth-order valence-corrected chi connectivity index (χ4v) is 3.77. The van der Waals surface area contributed by atoms with Gasteiger partial charge in [-0.1, -0.05) is 18.2 Å². The van der Waals surface area contributed by atoms with Crippen molar-refractivity contribution in [3.05, 3.63) is 53.2 Å². The van der Waals surface area contributed by atoms with Crippen LogP contribution in [0.25, 0.3) is 0 Å². The lowest BCUT2D eigenvalue weighted by atomic mass is 10.1. The second-order valence-electron chi connectivity index (χ2n) is 3.83. The maximum absolute atomic E-state index is 12.8. The summed E-state index contributed by atoms with van der Waals surface area (Å²) in [4.78, 5) is 0. The van der Waals surface area contributed by atoms with Crippen LogP contribution in [0.15, 0.2) is 46.0 Å². The summed E-state index contributed by atoms with van der Waals surface area (Å²) < 4.78 is 39.5. The maximum Gasteiger partial charge on any atom is 0.250 e. The smallest absolute Gasteiger partial charge is 0.207 e. The highest BCUT2D eigenvalue weighted by atomic mass is 32.2. The van der Waals surface area contributed by atoms with E-state index in [9.17, 15) is 12.8 Å². The van der Waals surface area contributed by atoms with Crippen LogP contribution in [0.3, 0.4) is 0 Å². The van der Waals surface area contributed by atoms with E-state index in [0.717, 1.165) is 16.9 Å². The minimum absolute atomic E-state index is 0.275. The summed E-state index contributed by atoms with van der Waals surface area (Å²) in [5.41, 5.74) is 0.719. The molecule has 0 bridgehead atoms. The number of sulfonamides is 1. The van der Waals surface area contributed by atoms with Crippen molar-refractivity contribution in [2.24, 2.45) is 0 Å². The van der Waals surface area contributed by atoms with E-state index >= 15 is 0 Å². The van der Waals surface area contributed by atoms with Crippen LogP contribution in [0.2, 0.25) is 0 Å². The number of rotatable bonds is 4. The van der Waals surface area contributed by atoms with E-state index < -0.39 is 16.1 Å². The zero-order valence-electron chi connectivity index (χ0n) is 9.63. The Morgan fingerprint density at radius 2 is 1.89 bits per heavy atom. The molecule has 1 unspecified atom stereocenters. The molecular formula is C12H12FNO2S2. The Labute approximate surface area is 109 Å². The molecule has 0 aliphatic heterocycles. The third kappa shape index (κ3) is 2.95. The van der Waals surface area contributed by atoms with Crippen molar-refractivity contribution in [1.82, 2.24) is 4.72 Å². The van der Waals surface area contributed by atoms with Crippen LogP contribution in [-0.4, -0.2) is 8.42 Å². The molecule has 1 N–H and O–H groups in total. The van der Waals surface area contributed by atoms with Gasteiger partial charge in [0.2, 0.25) is 0 Å². The summed E-state index contributed by atoms with van der Waals surface area (Å²) in [5, 5.41) is 1.71. The molecule has 0 saturated carbocycles. The zero-order valence-corrected chi connectivity index (χ0v) is 11.3. The van der Waals surface area contributed by atoms with Gasteiger partial charge >= 0.3 is 0 Å². The van der Waals surface area contributed by atoms with Crippen LogP contribution < -0.4 is 4.72 Å². The minimum atomic E-state index is -3.50. The van der Waals surface area contributed by atoms with Crippen LogP contribution in [0, 0.1) is 5.82 Å². The molecule has 0 radical (unpaired) electrons. The van der Waals surface area contributed by atoms with Gasteiger partial charge in [-0.2, -0.15) is 0 Å². The van der Waals surface area contributed by atoms with Gasteiger partial charge in [-0.25, -0.2) is 17.5 Å². The van der Waals surface area contributed by atoms with E-state index in [1.807, 2.05) is 0 Å². The van der Waals surface area contributed by atoms with Gasteiger partial charge in [-0.3, -0.25) is 0 Å². The second-order valence-corrected chi connectivity index (χ2v) is 6.72. The van der Waals surface area contributed by atoms with Crippen LogP contribution in [0.5, 0.6) is 0 Å². The molecule has 0 amide bonds. The molecule has 3 nitrogen and oxygen atoms in total. The molecule has 2 rings (SSSR count). The summed E-state index contributed by atoms with van der Waals surface area (Å²) in [6.07, 6.45) is 0. The SMILES string of the molecule is CC(NS(=O)(=O)c1cccs1)c1ccc(F)cc1. The van der Waals surface area contributed by atoms with Crippen molar-refractivity contribution in [1.29, 1.82) is 0 Å². The molecule has 0 saturated heterocycles. The molecule has 96 valence electrons. The molecule has 18 heavy (non-hydrogen) atoms. The Bertz CT molecular complexity index is 606. The first kappa shape index (κ1) is 13.2. The predicted octanol–water partition coefficient (Wildman–Crippen LogP) is 2.93. The molecule has 0 aliphatic carbocycles. The lowest BCUT2D eigenvalue weighted by Gasteiger charge is -2.13. The van der Waals surface area contributed by atoms with Gasteiger partial charge in [0.15, 0.2) is 0 Å². The van der Waals surface area contributed by atoms with E-state index in [1.54, 1.807) is 36.6 Å². The molecule has 0 spiro atoms. The van der Waals surface area contributed by atoms with Gasteiger partial charge in [0.25, 0.3) is 10.0 Å². The summed E-state index contributed by atoms with van der Waals surface area (Å²) in [6.45, 7) is 1.72. The zero-order chi connectivity index (χ0) is 13.2. The standard InChI is InChI=1S/C12H12FNO2S2/c1-9(10-4-6-11(13)7-5-10)14-18(15,16)12-3-2-8-17-12/h2-9,14H,1H3. The van der Waals surface area contributed by atoms with Crippen LogP contribution >= 0.6 is 11.3 Å². The number of hydrogen-bond acceptors (Lipinski definition) is 3. The quantitative estimate of drug-likeness (QED) is 0.939. The average Bonchev–Trinajstić information content (AvgIpc) is 2.83. The Morgan fingerprint density at radius 1 is 1.22 bits per heavy atom. The number of hydrogen-bond donors (Lipinski definition) is 1. The Kier molecular flexibility index (Phi) is 3.79. The highest BCUT2D eigenvalue weighted by Crippen LogP contribution is 2.20. The number of thiophene rings is 1. The molecule has 2 aromatic rings. The summed E-state index contributed by atoms with van der Waals surface area (Å²) in [6, 6.07) is 8.58. The predicted molar refractivity (Wildman–Crippen MR) is 69.5 cm³/mol. The molecule has 0 aliphatic rings. The number of nitrogens with one attached hydrogen (secondary N) is 1. The highest BCUT2D eigenvalue weighted by molar-refractivity contribution is 7.91. The fraction of sp³-hybridized carbons (Fsp3) is 0.167. The van der Waals surface area contributed by atoms with Crippen molar-refractivity contribution in [2.45, 2.75) is 17.2 Å². The van der Waals surface area contributed by atoms with E-state index in [-0.39, 0.29) is 10.0 Å². The summed E-state index contributed by atoms with van der Waals surface area (Å²) in [7, 11) is -3.50. The van der Waals surface area contributed by atoms with Crippen molar-refractivity contribution < 1.29 is 12.8 Å². The fourth-order valence-electron chi connectivity index (χ4n) is 1.53. The lowest BCUT2D eigenvalue weighted by Crippen LogP contribution is -2.26. The average molecular weight is 285 g/mol. The molecule has 1 atom stereocenters. The first-order valence-corrected chi connectivity index (χ1v) is 7.66. The van der Waals surface area contributed by atoms with Gasteiger partial charge in [0.05, 0.1) is 0 Å². The highest BCUT2D eigenvalue weighted by Gasteiger charge is 2.18. The van der Waals surface area contributed by atoms with Crippen molar-refractivity contribution in [3.8, 4) is 0 Å². The van der Waals surface area contributed by atoms with Gasteiger partial charge in [0.1, 0.15) is 10.0 Å². The lowest BCUT2D eigenvalue weighted by molar-refractivity contribution is 0.568. The largest absolute Gasteiger partial charge is 0.250 e. The van der Waals surface area contributed by atoms with Crippen LogP contribution in [0.4, 0.5) is 4.39 Å². The Balaban J connectivity index is 2.17. The summed E-state index contributed by atoms with van der Waals surface area (Å²) in [5.74, 6) is -0.341. The Hall–Kier alpha value is -1.24. The monoisotopic (exact) mass is 285 g/mol. The third-order valence-corrected chi connectivity index (χ3v) is 5.40. The Morgan fingerprint density at radius 3 is 2.44 bits per heavy atom. The number of halogens is 1. The van der Waals surface area contributed by atoms with Gasteiger partial charge in [-0.15, -0.1) is 11.3 Å². The van der Waals surface area contributed by atoms with Gasteiger partial charge in [-0.05, 0) is 36.1 Å². The maximum atomic E-state index is 12.8. The van der Waals surface area contributed by atoms with Crippen molar-refractivity contribution in [3.63, 3.8) is 0 Å². The molecule has 1 aromatic heterocycles. The summed E-state index contributed by atoms with van der Waals surface area (Å²) >= 11 is 1.16. The number of benzene rings is 1. The molecule has 0 fully saturated rings. The van der Waals surface area contributed by atoms with Gasteiger partial charge < -0.3 is 0 Å². The third-order valence-electron chi connectivity index (χ3n) is 2.46. The second kappa shape index (κ2) is 5.17. The topological polar surface area (TPSA) is 46.2 Å². The van der Waals surface area contributed by atoms with E-state index in [4.69, 9.17) is 0 Å². The van der Waals surface area contributed by atoms with Crippen LogP contribution in [0.1, 0.15) is 18.5 Å². The van der Waals surface area contributed by atoms with Crippen LogP contribution in [-0.2, 0) is 10.0 Å². The van der Waals surface area contributed by atoms with E-state index in [0.29, 0.717) is 0 Å². The van der Waals surface area contributed by atoms with E-state index in [1.165, 1.54) is 12.1 Å². The minimum Gasteiger partial charge on any atom is -0.207 e.